The van der Waals surface area contributed by atoms with Crippen molar-refractivity contribution in [1.82, 2.24) is 4.98 Å². The predicted molar refractivity (Wildman–Crippen MR) is 81.7 cm³/mol. The van der Waals surface area contributed by atoms with E-state index in [4.69, 9.17) is 5.26 Å². The lowest BCUT2D eigenvalue weighted by Crippen LogP contribution is -1.93. The summed E-state index contributed by atoms with van der Waals surface area (Å²) in [7, 11) is 0. The first-order chi connectivity index (χ1) is 9.65. The Balaban J connectivity index is 1.95. The minimum atomic E-state index is -0.468. The van der Waals surface area contributed by atoms with E-state index in [1.165, 1.54) is 23.5 Å². The van der Waals surface area contributed by atoms with E-state index in [0.29, 0.717) is 16.4 Å². The number of nitriles is 1. The van der Waals surface area contributed by atoms with E-state index >= 15 is 0 Å². The van der Waals surface area contributed by atoms with Crippen LogP contribution in [-0.2, 0) is 0 Å². The van der Waals surface area contributed by atoms with Crippen LogP contribution in [0, 0.1) is 17.1 Å². The van der Waals surface area contributed by atoms with Crippen LogP contribution in [0.4, 0.5) is 15.2 Å². The van der Waals surface area contributed by atoms with Crippen molar-refractivity contribution in [2.45, 2.75) is 0 Å². The number of nitrogens with one attached hydrogen (secondary N) is 1. The van der Waals surface area contributed by atoms with Gasteiger partial charge in [-0.15, -0.1) is 0 Å². The van der Waals surface area contributed by atoms with E-state index in [9.17, 15) is 4.39 Å². The van der Waals surface area contributed by atoms with Crippen LogP contribution in [0.3, 0.4) is 0 Å². The zero-order valence-electron chi connectivity index (χ0n) is 10.0. The fraction of sp³-hybridized carbons (Fsp3) is 0. The van der Waals surface area contributed by atoms with Crippen molar-refractivity contribution < 1.29 is 4.39 Å². The second kappa shape index (κ2) is 5.19. The number of halogens is 2. The Kier molecular flexibility index (Phi) is 3.38. The van der Waals surface area contributed by atoms with Crippen LogP contribution in [0.1, 0.15) is 5.56 Å². The van der Waals surface area contributed by atoms with Crippen molar-refractivity contribution in [2.24, 2.45) is 0 Å². The van der Waals surface area contributed by atoms with Gasteiger partial charge in [0, 0.05) is 4.47 Å². The van der Waals surface area contributed by atoms with Gasteiger partial charge in [-0.25, -0.2) is 9.37 Å². The zero-order chi connectivity index (χ0) is 14.1. The lowest BCUT2D eigenvalue weighted by molar-refractivity contribution is 0.631. The minimum Gasteiger partial charge on any atom is -0.329 e. The Morgan fingerprint density at radius 1 is 1.25 bits per heavy atom. The lowest BCUT2D eigenvalue weighted by Gasteiger charge is -2.03. The standard InChI is InChI=1S/C14H7BrFN3S/c15-9-2-4-13-12(6-9)19-14(20-13)18-11-3-1-8(7-17)5-10(11)16/h1-6H,(H,18,19). The van der Waals surface area contributed by atoms with Gasteiger partial charge in [0.2, 0.25) is 0 Å². The van der Waals surface area contributed by atoms with Crippen molar-refractivity contribution >= 4 is 48.3 Å². The summed E-state index contributed by atoms with van der Waals surface area (Å²) in [5.74, 6) is -0.468. The minimum absolute atomic E-state index is 0.293. The second-order valence-electron chi connectivity index (χ2n) is 4.06. The van der Waals surface area contributed by atoms with Crippen molar-refractivity contribution in [3.05, 3.63) is 52.3 Å². The van der Waals surface area contributed by atoms with Gasteiger partial charge in [0.25, 0.3) is 0 Å². The molecule has 1 heterocycles. The highest BCUT2D eigenvalue weighted by Crippen LogP contribution is 2.30. The number of aromatic nitrogens is 1. The normalized spacial score (nSPS) is 10.4. The van der Waals surface area contributed by atoms with Gasteiger partial charge in [-0.05, 0) is 36.4 Å². The van der Waals surface area contributed by atoms with E-state index in [0.717, 1.165) is 14.7 Å². The molecule has 0 aliphatic rings. The van der Waals surface area contributed by atoms with Crippen molar-refractivity contribution in [3.8, 4) is 6.07 Å². The van der Waals surface area contributed by atoms with Crippen LogP contribution in [0.5, 0.6) is 0 Å². The molecule has 1 N–H and O–H groups in total. The maximum absolute atomic E-state index is 13.8. The molecule has 0 aliphatic heterocycles. The topological polar surface area (TPSA) is 48.7 Å². The number of fused-ring (bicyclic) bond motifs is 1. The molecule has 0 amide bonds. The fourth-order valence-corrected chi connectivity index (χ4v) is 2.96. The van der Waals surface area contributed by atoms with Gasteiger partial charge in [0.1, 0.15) is 5.82 Å². The van der Waals surface area contributed by atoms with E-state index in [1.54, 1.807) is 6.07 Å². The molecule has 0 unspecified atom stereocenters. The molecule has 3 rings (SSSR count). The molecule has 1 aromatic heterocycles. The molecule has 0 atom stereocenters. The van der Waals surface area contributed by atoms with Crippen LogP contribution >= 0.6 is 27.3 Å². The highest BCUT2D eigenvalue weighted by Gasteiger charge is 2.08. The number of hydrogen-bond donors (Lipinski definition) is 1. The number of anilines is 2. The van der Waals surface area contributed by atoms with E-state index in [-0.39, 0.29) is 0 Å². The molecule has 0 aliphatic carbocycles. The SMILES string of the molecule is N#Cc1ccc(Nc2nc3cc(Br)ccc3s2)c(F)c1. The first-order valence-electron chi connectivity index (χ1n) is 5.68. The summed E-state index contributed by atoms with van der Waals surface area (Å²) in [6.45, 7) is 0. The maximum atomic E-state index is 13.8. The molecule has 0 radical (unpaired) electrons. The van der Waals surface area contributed by atoms with E-state index in [2.05, 4.69) is 26.2 Å². The zero-order valence-corrected chi connectivity index (χ0v) is 12.4. The van der Waals surface area contributed by atoms with Gasteiger partial charge in [-0.3, -0.25) is 0 Å². The molecule has 0 spiro atoms. The summed E-state index contributed by atoms with van der Waals surface area (Å²) in [5, 5.41) is 12.3. The number of rotatable bonds is 2. The smallest absolute Gasteiger partial charge is 0.188 e. The van der Waals surface area contributed by atoms with E-state index < -0.39 is 5.82 Å². The van der Waals surface area contributed by atoms with Gasteiger partial charge in [0.05, 0.1) is 27.5 Å². The molecule has 0 bridgehead atoms. The first kappa shape index (κ1) is 13.0. The number of benzene rings is 2. The van der Waals surface area contributed by atoms with Crippen LogP contribution in [-0.4, -0.2) is 4.98 Å². The molecular weight excluding hydrogens is 341 g/mol. The number of hydrogen-bond acceptors (Lipinski definition) is 4. The van der Waals surface area contributed by atoms with Gasteiger partial charge in [-0.1, -0.05) is 27.3 Å². The quantitative estimate of drug-likeness (QED) is 0.723. The largest absolute Gasteiger partial charge is 0.329 e. The Hall–Kier alpha value is -1.97. The predicted octanol–water partition coefficient (Wildman–Crippen LogP) is 4.81. The third kappa shape index (κ3) is 2.50. The summed E-state index contributed by atoms with van der Waals surface area (Å²) in [6, 6.07) is 12.0. The fourth-order valence-electron chi connectivity index (χ4n) is 1.76. The molecule has 3 nitrogen and oxygen atoms in total. The summed E-state index contributed by atoms with van der Waals surface area (Å²) in [4.78, 5) is 4.40. The highest BCUT2D eigenvalue weighted by atomic mass is 79.9. The monoisotopic (exact) mass is 347 g/mol. The Morgan fingerprint density at radius 3 is 2.85 bits per heavy atom. The molecule has 0 fully saturated rings. The molecule has 0 saturated carbocycles. The average Bonchev–Trinajstić information content (AvgIpc) is 2.82. The number of thiazole rings is 1. The highest BCUT2D eigenvalue weighted by molar-refractivity contribution is 9.10. The average molecular weight is 348 g/mol. The van der Waals surface area contributed by atoms with Gasteiger partial charge >= 0.3 is 0 Å². The second-order valence-corrected chi connectivity index (χ2v) is 6.01. The Bertz CT molecular complexity index is 838. The van der Waals surface area contributed by atoms with E-state index in [1.807, 2.05) is 24.3 Å². The first-order valence-corrected chi connectivity index (χ1v) is 7.29. The van der Waals surface area contributed by atoms with Crippen molar-refractivity contribution in [3.63, 3.8) is 0 Å². The third-order valence-corrected chi connectivity index (χ3v) is 4.13. The Labute approximate surface area is 126 Å². The van der Waals surface area contributed by atoms with Crippen LogP contribution in [0.25, 0.3) is 10.2 Å². The van der Waals surface area contributed by atoms with Crippen molar-refractivity contribution in [2.75, 3.05) is 5.32 Å². The maximum Gasteiger partial charge on any atom is 0.188 e. The summed E-state index contributed by atoms with van der Waals surface area (Å²) in [6.07, 6.45) is 0. The van der Waals surface area contributed by atoms with Crippen LogP contribution in [0.15, 0.2) is 40.9 Å². The lowest BCUT2D eigenvalue weighted by atomic mass is 10.2. The van der Waals surface area contributed by atoms with Crippen LogP contribution in [0.2, 0.25) is 0 Å². The molecule has 20 heavy (non-hydrogen) atoms. The third-order valence-electron chi connectivity index (χ3n) is 2.69. The number of nitrogens with zero attached hydrogens (tertiary/aromatic N) is 2. The molecule has 2 aromatic carbocycles. The molecular formula is C14H7BrFN3S. The summed E-state index contributed by atoms with van der Waals surface area (Å²) >= 11 is 4.83. The summed E-state index contributed by atoms with van der Waals surface area (Å²) in [5.41, 5.74) is 1.45. The summed E-state index contributed by atoms with van der Waals surface area (Å²) < 4.78 is 15.8. The molecule has 98 valence electrons. The van der Waals surface area contributed by atoms with Crippen LogP contribution < -0.4 is 5.32 Å². The Morgan fingerprint density at radius 2 is 2.10 bits per heavy atom. The molecule has 3 aromatic rings. The molecule has 0 saturated heterocycles. The van der Waals surface area contributed by atoms with Crippen molar-refractivity contribution in [1.29, 1.82) is 5.26 Å². The van der Waals surface area contributed by atoms with Gasteiger partial charge in [0.15, 0.2) is 5.13 Å². The van der Waals surface area contributed by atoms with Gasteiger partial charge in [-0.2, -0.15) is 5.26 Å². The van der Waals surface area contributed by atoms with Gasteiger partial charge < -0.3 is 5.32 Å². The molecule has 6 heteroatoms.